The van der Waals surface area contributed by atoms with Gasteiger partial charge in [0.2, 0.25) is 0 Å². The number of rotatable bonds is 1. The van der Waals surface area contributed by atoms with Crippen LogP contribution in [0.2, 0.25) is 0 Å². The number of benzene rings is 1. The zero-order chi connectivity index (χ0) is 12.5. The molecule has 0 aromatic heterocycles. The highest BCUT2D eigenvalue weighted by atomic mass is 15.1. The van der Waals surface area contributed by atoms with Crippen molar-refractivity contribution in [3.63, 3.8) is 0 Å². The highest BCUT2D eigenvalue weighted by Gasteiger charge is 2.20. The summed E-state index contributed by atoms with van der Waals surface area (Å²) >= 11 is 0. The van der Waals surface area contributed by atoms with E-state index in [1.165, 1.54) is 43.5 Å². The third kappa shape index (κ3) is 2.45. The van der Waals surface area contributed by atoms with Crippen LogP contribution < -0.4 is 5.32 Å². The number of nitrogens with zero attached hydrogens (tertiary/aromatic N) is 1. The number of piperidine rings is 1. The lowest BCUT2D eigenvalue weighted by molar-refractivity contribution is 0.311. The van der Waals surface area contributed by atoms with Gasteiger partial charge in [-0.1, -0.05) is 25.1 Å². The standard InChI is InChI=1S/C16H24N2/c1-12-3-6-16(17-10-12)14-4-5-15-11-18(2)8-7-13(15)9-14/h4-5,9,12,16-17H,3,6-8,10-11H2,1-2H3/t12-,16+/m0/s1. The largest absolute Gasteiger partial charge is 0.310 e. The Morgan fingerprint density at radius 3 is 2.89 bits per heavy atom. The van der Waals surface area contributed by atoms with E-state index in [1.807, 2.05) is 0 Å². The molecule has 2 aliphatic rings. The fraction of sp³-hybridized carbons (Fsp3) is 0.625. The fourth-order valence-electron chi connectivity index (χ4n) is 3.21. The molecule has 0 bridgehead atoms. The van der Waals surface area contributed by atoms with Crippen molar-refractivity contribution in [2.24, 2.45) is 5.92 Å². The topological polar surface area (TPSA) is 15.3 Å². The Morgan fingerprint density at radius 1 is 1.22 bits per heavy atom. The SMILES string of the molecule is C[C@H]1CC[C@H](c2ccc3c(c2)CCN(C)C3)NC1. The Hall–Kier alpha value is -0.860. The van der Waals surface area contributed by atoms with Crippen molar-refractivity contribution in [1.29, 1.82) is 0 Å². The molecular formula is C16H24N2. The lowest BCUT2D eigenvalue weighted by Crippen LogP contribution is -2.32. The van der Waals surface area contributed by atoms with E-state index in [0.717, 1.165) is 12.5 Å². The molecule has 2 aliphatic heterocycles. The fourth-order valence-corrected chi connectivity index (χ4v) is 3.21. The molecule has 0 spiro atoms. The van der Waals surface area contributed by atoms with E-state index in [1.54, 1.807) is 5.56 Å². The van der Waals surface area contributed by atoms with Crippen LogP contribution >= 0.6 is 0 Å². The summed E-state index contributed by atoms with van der Waals surface area (Å²) in [6.45, 7) is 5.83. The zero-order valence-electron chi connectivity index (χ0n) is 11.6. The number of fused-ring (bicyclic) bond motifs is 1. The van der Waals surface area contributed by atoms with E-state index >= 15 is 0 Å². The summed E-state index contributed by atoms with van der Waals surface area (Å²) in [5, 5.41) is 3.69. The summed E-state index contributed by atoms with van der Waals surface area (Å²) in [5.41, 5.74) is 4.60. The Bertz CT molecular complexity index is 419. The van der Waals surface area contributed by atoms with Gasteiger partial charge in [-0.25, -0.2) is 0 Å². The van der Waals surface area contributed by atoms with Gasteiger partial charge >= 0.3 is 0 Å². The van der Waals surface area contributed by atoms with Gasteiger partial charge < -0.3 is 10.2 Å². The number of hydrogen-bond acceptors (Lipinski definition) is 2. The highest BCUT2D eigenvalue weighted by molar-refractivity contribution is 5.35. The molecule has 0 aliphatic carbocycles. The zero-order valence-corrected chi connectivity index (χ0v) is 11.6. The minimum absolute atomic E-state index is 0.589. The molecule has 1 fully saturated rings. The van der Waals surface area contributed by atoms with Gasteiger partial charge in [0.05, 0.1) is 0 Å². The maximum absolute atomic E-state index is 3.69. The van der Waals surface area contributed by atoms with Crippen LogP contribution in [0.15, 0.2) is 18.2 Å². The average Bonchev–Trinajstić information content (AvgIpc) is 2.39. The molecule has 0 amide bonds. The molecular weight excluding hydrogens is 220 g/mol. The summed E-state index contributed by atoms with van der Waals surface area (Å²) in [5.74, 6) is 0.840. The summed E-state index contributed by atoms with van der Waals surface area (Å²) < 4.78 is 0. The van der Waals surface area contributed by atoms with E-state index in [-0.39, 0.29) is 0 Å². The van der Waals surface area contributed by atoms with Gasteiger partial charge in [0.15, 0.2) is 0 Å². The maximum Gasteiger partial charge on any atom is 0.0320 e. The second kappa shape index (κ2) is 5.02. The minimum atomic E-state index is 0.589. The van der Waals surface area contributed by atoms with Gasteiger partial charge in [-0.2, -0.15) is 0 Å². The van der Waals surface area contributed by atoms with E-state index in [2.05, 4.69) is 42.4 Å². The molecule has 1 aromatic rings. The molecule has 2 heteroatoms. The molecule has 0 saturated carbocycles. The van der Waals surface area contributed by atoms with E-state index in [4.69, 9.17) is 0 Å². The van der Waals surface area contributed by atoms with Gasteiger partial charge in [-0.3, -0.25) is 0 Å². The summed E-state index contributed by atoms with van der Waals surface area (Å²) in [6.07, 6.45) is 3.86. The third-order valence-electron chi connectivity index (χ3n) is 4.50. The monoisotopic (exact) mass is 244 g/mol. The first kappa shape index (κ1) is 12.2. The molecule has 2 heterocycles. The molecule has 2 nitrogen and oxygen atoms in total. The first-order chi connectivity index (χ1) is 8.72. The van der Waals surface area contributed by atoms with Crippen LogP contribution in [0.25, 0.3) is 0 Å². The van der Waals surface area contributed by atoms with Crippen molar-refractivity contribution in [3.05, 3.63) is 34.9 Å². The van der Waals surface area contributed by atoms with E-state index in [9.17, 15) is 0 Å². The first-order valence-corrected chi connectivity index (χ1v) is 7.26. The predicted molar refractivity (Wildman–Crippen MR) is 75.6 cm³/mol. The molecule has 3 rings (SSSR count). The van der Waals surface area contributed by atoms with Crippen LogP contribution in [0.5, 0.6) is 0 Å². The minimum Gasteiger partial charge on any atom is -0.310 e. The Balaban J connectivity index is 1.78. The molecule has 1 aromatic carbocycles. The smallest absolute Gasteiger partial charge is 0.0320 e. The Kier molecular flexibility index (Phi) is 3.40. The summed E-state index contributed by atoms with van der Waals surface area (Å²) in [6, 6.07) is 7.73. The van der Waals surface area contributed by atoms with Crippen LogP contribution in [0, 0.1) is 5.92 Å². The van der Waals surface area contributed by atoms with Gasteiger partial charge in [0.25, 0.3) is 0 Å². The van der Waals surface area contributed by atoms with Crippen molar-refractivity contribution in [2.45, 2.75) is 38.8 Å². The number of hydrogen-bond donors (Lipinski definition) is 1. The molecule has 2 atom stereocenters. The van der Waals surface area contributed by atoms with Crippen molar-refractivity contribution in [1.82, 2.24) is 10.2 Å². The van der Waals surface area contributed by atoms with Gasteiger partial charge in [0, 0.05) is 19.1 Å². The van der Waals surface area contributed by atoms with Crippen molar-refractivity contribution in [3.8, 4) is 0 Å². The predicted octanol–water partition coefficient (Wildman–Crippen LogP) is 2.74. The normalized spacial score (nSPS) is 29.0. The van der Waals surface area contributed by atoms with Crippen molar-refractivity contribution < 1.29 is 0 Å². The number of nitrogens with one attached hydrogen (secondary N) is 1. The molecule has 1 saturated heterocycles. The molecule has 98 valence electrons. The van der Waals surface area contributed by atoms with Crippen LogP contribution in [0.1, 0.15) is 42.5 Å². The van der Waals surface area contributed by atoms with Crippen molar-refractivity contribution >= 4 is 0 Å². The van der Waals surface area contributed by atoms with E-state index < -0.39 is 0 Å². The summed E-state index contributed by atoms with van der Waals surface area (Å²) in [4.78, 5) is 2.41. The van der Waals surface area contributed by atoms with E-state index in [0.29, 0.717) is 6.04 Å². The number of likely N-dealkylation sites (N-methyl/N-ethyl adjacent to an activating group) is 1. The Morgan fingerprint density at radius 2 is 2.11 bits per heavy atom. The first-order valence-electron chi connectivity index (χ1n) is 7.26. The van der Waals surface area contributed by atoms with Gasteiger partial charge in [0.1, 0.15) is 0 Å². The van der Waals surface area contributed by atoms with Gasteiger partial charge in [-0.15, -0.1) is 0 Å². The maximum atomic E-state index is 3.69. The second-order valence-corrected chi connectivity index (χ2v) is 6.16. The second-order valence-electron chi connectivity index (χ2n) is 6.16. The Labute approximate surface area is 110 Å². The average molecular weight is 244 g/mol. The van der Waals surface area contributed by atoms with Gasteiger partial charge in [-0.05, 0) is 55.5 Å². The third-order valence-corrected chi connectivity index (χ3v) is 4.50. The highest BCUT2D eigenvalue weighted by Crippen LogP contribution is 2.28. The lowest BCUT2D eigenvalue weighted by Gasteiger charge is -2.30. The molecule has 0 unspecified atom stereocenters. The van der Waals surface area contributed by atoms with Crippen LogP contribution in [-0.4, -0.2) is 25.0 Å². The van der Waals surface area contributed by atoms with Crippen LogP contribution in [0.3, 0.4) is 0 Å². The lowest BCUT2D eigenvalue weighted by atomic mass is 9.89. The molecule has 0 radical (unpaired) electrons. The van der Waals surface area contributed by atoms with Crippen molar-refractivity contribution in [2.75, 3.05) is 20.1 Å². The van der Waals surface area contributed by atoms with Crippen LogP contribution in [-0.2, 0) is 13.0 Å². The molecule has 18 heavy (non-hydrogen) atoms. The molecule has 1 N–H and O–H groups in total. The van der Waals surface area contributed by atoms with Crippen LogP contribution in [0.4, 0.5) is 0 Å². The summed E-state index contributed by atoms with van der Waals surface area (Å²) in [7, 11) is 2.21. The quantitative estimate of drug-likeness (QED) is 0.817.